The summed E-state index contributed by atoms with van der Waals surface area (Å²) in [5.74, 6) is 0.372. The fourth-order valence-corrected chi connectivity index (χ4v) is 2.88. The van der Waals surface area contributed by atoms with E-state index in [0.29, 0.717) is 5.69 Å². The Morgan fingerprint density at radius 2 is 1.79 bits per heavy atom. The van der Waals surface area contributed by atoms with E-state index in [-0.39, 0.29) is 10.5 Å². The van der Waals surface area contributed by atoms with Crippen LogP contribution in [0.4, 0.5) is 11.5 Å². The molecule has 8 heteroatoms. The molecule has 128 valence electrons. The van der Waals surface area contributed by atoms with Gasteiger partial charge in [-0.1, -0.05) is 6.07 Å². The van der Waals surface area contributed by atoms with Gasteiger partial charge in [0.1, 0.15) is 5.82 Å². The van der Waals surface area contributed by atoms with Crippen LogP contribution in [-0.4, -0.2) is 51.8 Å². The smallest absolute Gasteiger partial charge is 0.255 e. The van der Waals surface area contributed by atoms with Crippen LogP contribution >= 0.6 is 0 Å². The van der Waals surface area contributed by atoms with Crippen LogP contribution in [0.3, 0.4) is 0 Å². The molecule has 2 rings (SSSR count). The molecule has 1 aromatic carbocycles. The highest BCUT2D eigenvalue weighted by Crippen LogP contribution is 2.17. The minimum absolute atomic E-state index is 0.0706. The molecule has 0 aliphatic heterocycles. The number of pyridine rings is 1. The van der Waals surface area contributed by atoms with Crippen molar-refractivity contribution in [3.8, 4) is 0 Å². The number of nitrogens with zero attached hydrogens (tertiary/aromatic N) is 3. The van der Waals surface area contributed by atoms with Crippen molar-refractivity contribution in [3.63, 3.8) is 0 Å². The van der Waals surface area contributed by atoms with Crippen LogP contribution in [0.25, 0.3) is 0 Å². The molecule has 7 nitrogen and oxygen atoms in total. The summed E-state index contributed by atoms with van der Waals surface area (Å²) in [4.78, 5) is 18.5. The molecule has 2 aromatic rings. The molecule has 24 heavy (non-hydrogen) atoms. The van der Waals surface area contributed by atoms with Crippen molar-refractivity contribution in [2.24, 2.45) is 0 Å². The van der Waals surface area contributed by atoms with E-state index in [0.717, 1.165) is 10.1 Å². The summed E-state index contributed by atoms with van der Waals surface area (Å²) in [6.07, 6.45) is 1.55. The van der Waals surface area contributed by atoms with Gasteiger partial charge in [-0.05, 0) is 30.3 Å². The molecule has 0 aliphatic rings. The lowest BCUT2D eigenvalue weighted by Crippen LogP contribution is -2.22. The van der Waals surface area contributed by atoms with Gasteiger partial charge in [0.2, 0.25) is 10.0 Å². The predicted molar refractivity (Wildman–Crippen MR) is 93.8 cm³/mol. The number of rotatable bonds is 5. The first-order chi connectivity index (χ1) is 11.2. The van der Waals surface area contributed by atoms with E-state index >= 15 is 0 Å². The maximum atomic E-state index is 12.3. The zero-order chi connectivity index (χ0) is 17.9. The summed E-state index contributed by atoms with van der Waals surface area (Å²) in [5.41, 5.74) is 0.793. The van der Waals surface area contributed by atoms with E-state index < -0.39 is 15.9 Å². The molecule has 0 bridgehead atoms. The third kappa shape index (κ3) is 3.90. The standard InChI is InChI=1S/C16H20N4O3S/c1-19(2)15-9-8-13(11-17-15)18-16(21)12-6-5-7-14(10-12)24(22,23)20(3)4/h5-11H,1-4H3,(H,18,21). The maximum Gasteiger partial charge on any atom is 0.255 e. The lowest BCUT2D eigenvalue weighted by Gasteiger charge is -2.13. The highest BCUT2D eigenvalue weighted by atomic mass is 32.2. The number of sulfonamides is 1. The Hall–Kier alpha value is -2.45. The number of carbonyl (C=O) groups is 1. The molecule has 0 radical (unpaired) electrons. The van der Waals surface area contributed by atoms with Crippen LogP contribution in [0.2, 0.25) is 0 Å². The number of hydrogen-bond acceptors (Lipinski definition) is 5. The summed E-state index contributed by atoms with van der Waals surface area (Å²) < 4.78 is 25.4. The van der Waals surface area contributed by atoms with E-state index in [1.54, 1.807) is 30.5 Å². The van der Waals surface area contributed by atoms with Crippen LogP contribution in [0.1, 0.15) is 10.4 Å². The summed E-state index contributed by atoms with van der Waals surface area (Å²) in [6, 6.07) is 9.43. The minimum atomic E-state index is -3.59. The van der Waals surface area contributed by atoms with Crippen LogP contribution in [-0.2, 0) is 10.0 Å². The summed E-state index contributed by atoms with van der Waals surface area (Å²) in [6.45, 7) is 0. The average molecular weight is 348 g/mol. The molecule has 1 amide bonds. The van der Waals surface area contributed by atoms with Crippen molar-refractivity contribution >= 4 is 27.4 Å². The predicted octanol–water partition coefficient (Wildman–Crippen LogP) is 1.65. The lowest BCUT2D eigenvalue weighted by molar-refractivity contribution is 0.102. The number of carbonyl (C=O) groups excluding carboxylic acids is 1. The first kappa shape index (κ1) is 17.9. The van der Waals surface area contributed by atoms with Crippen molar-refractivity contribution in [1.29, 1.82) is 0 Å². The molecule has 0 saturated carbocycles. The Balaban J connectivity index is 2.21. The highest BCUT2D eigenvalue weighted by molar-refractivity contribution is 7.89. The van der Waals surface area contributed by atoms with Gasteiger partial charge >= 0.3 is 0 Å². The van der Waals surface area contributed by atoms with Crippen molar-refractivity contribution < 1.29 is 13.2 Å². The molecule has 0 spiro atoms. The fourth-order valence-electron chi connectivity index (χ4n) is 1.94. The zero-order valence-corrected chi connectivity index (χ0v) is 14.8. The molecule has 0 atom stereocenters. The van der Waals surface area contributed by atoms with Crippen LogP contribution < -0.4 is 10.2 Å². The molecule has 1 heterocycles. The number of benzene rings is 1. The normalized spacial score (nSPS) is 11.4. The van der Waals surface area contributed by atoms with Gasteiger partial charge in [-0.25, -0.2) is 17.7 Å². The SMILES string of the molecule is CN(C)c1ccc(NC(=O)c2cccc(S(=O)(=O)N(C)C)c2)cn1. The first-order valence-corrected chi connectivity index (χ1v) is 8.63. The summed E-state index contributed by atoms with van der Waals surface area (Å²) in [5, 5.41) is 2.70. The van der Waals surface area contributed by atoms with Gasteiger partial charge in [0.15, 0.2) is 0 Å². The van der Waals surface area contributed by atoms with E-state index in [9.17, 15) is 13.2 Å². The van der Waals surface area contributed by atoms with E-state index in [2.05, 4.69) is 10.3 Å². The molecule has 1 aromatic heterocycles. The summed E-state index contributed by atoms with van der Waals surface area (Å²) in [7, 11) is 3.05. The molecule has 1 N–H and O–H groups in total. The first-order valence-electron chi connectivity index (χ1n) is 7.19. The zero-order valence-electron chi connectivity index (χ0n) is 14.0. The molecular weight excluding hydrogens is 328 g/mol. The van der Waals surface area contributed by atoms with Crippen LogP contribution in [0.15, 0.2) is 47.5 Å². The number of aromatic nitrogens is 1. The van der Waals surface area contributed by atoms with Gasteiger partial charge in [0.05, 0.1) is 16.8 Å². The maximum absolute atomic E-state index is 12.3. The lowest BCUT2D eigenvalue weighted by atomic mass is 10.2. The Morgan fingerprint density at radius 3 is 2.33 bits per heavy atom. The topological polar surface area (TPSA) is 82.6 Å². The Labute approximate surface area is 142 Å². The van der Waals surface area contributed by atoms with Gasteiger partial charge in [0.25, 0.3) is 5.91 Å². The third-order valence-electron chi connectivity index (χ3n) is 3.34. The minimum Gasteiger partial charge on any atom is -0.363 e. The van der Waals surface area contributed by atoms with Gasteiger partial charge in [0, 0.05) is 33.8 Å². The number of hydrogen-bond donors (Lipinski definition) is 1. The second kappa shape index (κ2) is 6.98. The second-order valence-electron chi connectivity index (χ2n) is 5.57. The molecular formula is C16H20N4O3S. The monoisotopic (exact) mass is 348 g/mol. The van der Waals surface area contributed by atoms with Crippen molar-refractivity contribution in [3.05, 3.63) is 48.2 Å². The highest BCUT2D eigenvalue weighted by Gasteiger charge is 2.18. The third-order valence-corrected chi connectivity index (χ3v) is 5.15. The Kier molecular flexibility index (Phi) is 5.20. The van der Waals surface area contributed by atoms with Gasteiger partial charge in [-0.3, -0.25) is 4.79 Å². The van der Waals surface area contributed by atoms with E-state index in [1.807, 2.05) is 19.0 Å². The quantitative estimate of drug-likeness (QED) is 0.888. The van der Waals surface area contributed by atoms with Crippen LogP contribution in [0, 0.1) is 0 Å². The van der Waals surface area contributed by atoms with Gasteiger partial charge in [-0.2, -0.15) is 0 Å². The van der Waals surface area contributed by atoms with Crippen molar-refractivity contribution in [1.82, 2.24) is 9.29 Å². The Morgan fingerprint density at radius 1 is 1.08 bits per heavy atom. The van der Waals surface area contributed by atoms with E-state index in [1.165, 1.54) is 26.2 Å². The molecule has 0 saturated heterocycles. The largest absolute Gasteiger partial charge is 0.363 e. The van der Waals surface area contributed by atoms with Crippen molar-refractivity contribution in [2.75, 3.05) is 38.4 Å². The van der Waals surface area contributed by atoms with Gasteiger partial charge < -0.3 is 10.2 Å². The molecule has 0 unspecified atom stereocenters. The second-order valence-corrected chi connectivity index (χ2v) is 7.72. The summed E-state index contributed by atoms with van der Waals surface area (Å²) >= 11 is 0. The number of nitrogens with one attached hydrogen (secondary N) is 1. The number of anilines is 2. The van der Waals surface area contributed by atoms with Crippen molar-refractivity contribution in [2.45, 2.75) is 4.90 Å². The van der Waals surface area contributed by atoms with Gasteiger partial charge in [-0.15, -0.1) is 0 Å². The fraction of sp³-hybridized carbons (Fsp3) is 0.250. The Bertz CT molecular complexity index is 831. The molecule has 0 fully saturated rings. The molecule has 0 aliphatic carbocycles. The number of amides is 1. The van der Waals surface area contributed by atoms with Crippen LogP contribution in [0.5, 0.6) is 0 Å². The average Bonchev–Trinajstić information content (AvgIpc) is 2.55. The van der Waals surface area contributed by atoms with E-state index in [4.69, 9.17) is 0 Å².